The van der Waals surface area contributed by atoms with Gasteiger partial charge < -0.3 is 43.4 Å². The Bertz CT molecular complexity index is 3160. The van der Waals surface area contributed by atoms with E-state index in [2.05, 4.69) is 365 Å². The first-order valence-electron chi connectivity index (χ1n) is 59.6. The van der Waals surface area contributed by atoms with Crippen LogP contribution in [0.2, 0.25) is 0 Å². The number of carbonyl (C=O) groups excluding carboxylic acids is 2. The summed E-state index contributed by atoms with van der Waals surface area (Å²) in [6.07, 6.45) is 48.6. The topological polar surface area (TPSA) is 172 Å². The van der Waals surface area contributed by atoms with Crippen molar-refractivity contribution < 1.29 is 51.2 Å². The molecule has 8 saturated carbocycles. The summed E-state index contributed by atoms with van der Waals surface area (Å²) in [6, 6.07) is 3.19. The van der Waals surface area contributed by atoms with E-state index in [-0.39, 0.29) is 29.4 Å². The highest BCUT2D eigenvalue weighted by molar-refractivity contribution is 7.60. The Balaban J connectivity index is -0.000000196. The molecule has 0 aromatic rings. The molecule has 0 amide bonds. The van der Waals surface area contributed by atoms with Gasteiger partial charge in [-0.1, -0.05) is 297 Å². The summed E-state index contributed by atoms with van der Waals surface area (Å²) >= 11 is 0. The number of terminal acetylenes is 1. The number of nitrogens with one attached hydrogen (secondary N) is 2. The van der Waals surface area contributed by atoms with Crippen LogP contribution in [0.5, 0.6) is 0 Å². The van der Waals surface area contributed by atoms with Crippen molar-refractivity contribution in [2.75, 3.05) is 40.1 Å². The molecule has 8 aliphatic rings. The van der Waals surface area contributed by atoms with E-state index in [0.717, 1.165) is 126 Å². The van der Waals surface area contributed by atoms with E-state index in [9.17, 15) is 0 Å². The number of ether oxygens (including phenoxy) is 7. The van der Waals surface area contributed by atoms with Crippen molar-refractivity contribution in [1.82, 2.24) is 10.2 Å². The van der Waals surface area contributed by atoms with Crippen LogP contribution in [0.3, 0.4) is 0 Å². The zero-order valence-electron chi connectivity index (χ0n) is 109. The van der Waals surface area contributed by atoms with Gasteiger partial charge in [0.05, 0.1) is 61.0 Å². The van der Waals surface area contributed by atoms with Crippen molar-refractivity contribution in [3.63, 3.8) is 0 Å². The Morgan fingerprint density at radius 1 is 0.479 bits per heavy atom. The summed E-state index contributed by atoms with van der Waals surface area (Å²) in [5, 5.41) is 3.67. The third-order valence-electron chi connectivity index (χ3n) is 27.5. The van der Waals surface area contributed by atoms with E-state index in [1.165, 1.54) is 154 Å². The van der Waals surface area contributed by atoms with Gasteiger partial charge in [0.25, 0.3) is 0 Å². The molecule has 15 heteroatoms. The molecule has 0 radical (unpaired) electrons. The van der Waals surface area contributed by atoms with Crippen molar-refractivity contribution in [2.24, 2.45) is 127 Å². The lowest BCUT2D eigenvalue weighted by molar-refractivity contribution is -0.191. The Kier molecular flexibility index (Phi) is 101. The maximum absolute atomic E-state index is 8.67. The van der Waals surface area contributed by atoms with E-state index in [4.69, 9.17) is 62.4 Å². The fraction of sp³-hybridized carbons (Fsp3) is 0.947. The van der Waals surface area contributed by atoms with Gasteiger partial charge in [0, 0.05) is 36.2 Å². The fourth-order valence-corrected chi connectivity index (χ4v) is 18.6. The van der Waals surface area contributed by atoms with E-state index < -0.39 is 10.5 Å². The zero-order valence-corrected chi connectivity index (χ0v) is 110. The van der Waals surface area contributed by atoms with E-state index in [1.807, 2.05) is 62.3 Å². The van der Waals surface area contributed by atoms with Crippen LogP contribution in [0.25, 0.3) is 0 Å². The van der Waals surface area contributed by atoms with Crippen LogP contribution < -0.4 is 5.32 Å². The van der Waals surface area contributed by atoms with Crippen molar-refractivity contribution >= 4 is 16.7 Å². The smallest absolute Gasteiger partial charge is 0.373 e. The van der Waals surface area contributed by atoms with Gasteiger partial charge in [0.15, 0.2) is 0 Å². The zero-order chi connectivity index (χ0) is 116. The second kappa shape index (κ2) is 91.4. The first-order valence-corrected chi connectivity index (χ1v) is 60.7. The molecule has 0 heterocycles. The Morgan fingerprint density at radius 3 is 1.11 bits per heavy atom. The monoisotopic (exact) mass is 2090 g/mol. The van der Waals surface area contributed by atoms with Crippen LogP contribution in [0.1, 0.15) is 561 Å². The highest BCUT2D eigenvalue weighted by Gasteiger charge is 2.41. The number of nitrogens with zero attached hydrogens (tertiary/aromatic N) is 1. The van der Waals surface area contributed by atoms with Gasteiger partial charge in [-0.25, -0.2) is 0 Å². The Morgan fingerprint density at radius 2 is 0.911 bits per heavy atom. The molecule has 14 nitrogen and oxygen atoms in total. The summed E-state index contributed by atoms with van der Waals surface area (Å²) in [5.74, 6) is 29.3. The van der Waals surface area contributed by atoms with Gasteiger partial charge in [0.2, 0.25) is 0 Å². The summed E-state index contributed by atoms with van der Waals surface area (Å²) < 4.78 is 60.0. The van der Waals surface area contributed by atoms with Crippen molar-refractivity contribution in [1.29, 1.82) is 4.78 Å². The third-order valence-corrected chi connectivity index (χ3v) is 27.5. The lowest BCUT2D eigenvalue weighted by Crippen LogP contribution is -2.41. The summed E-state index contributed by atoms with van der Waals surface area (Å²) in [7, 11) is -0.380. The molecule has 0 aromatic heterocycles. The summed E-state index contributed by atoms with van der Waals surface area (Å²) in [4.78, 5) is 18.7. The van der Waals surface area contributed by atoms with Crippen LogP contribution in [0.15, 0.2) is 0 Å². The van der Waals surface area contributed by atoms with Gasteiger partial charge in [0.1, 0.15) is 19.8 Å². The lowest BCUT2D eigenvalue weighted by atomic mass is 9.65. The van der Waals surface area contributed by atoms with Gasteiger partial charge in [-0.3, -0.25) is 0 Å². The number of hydrogen-bond donors (Lipinski definition) is 2. The largest absolute Gasteiger partial charge is 0.379 e. The molecule has 8 fully saturated rings. The fourth-order valence-electron chi connectivity index (χ4n) is 18.6. The second-order valence-corrected chi connectivity index (χ2v) is 56.5. The predicted molar refractivity (Wildman–Crippen MR) is 644 cm³/mol. The molecule has 6 unspecified atom stereocenters. The Hall–Kier alpha value is -2.68. The molecule has 876 valence electrons. The molecule has 2 N–H and O–H groups in total. The molecule has 0 aliphatic heterocycles. The SMILES string of the molecule is C#CCOC(C)C.CC#CCOC(C)C.CC(C)CC(C)(C)C(C)(C)C.CC(C)CC1(C)CCC1.CC(C)CC1CC2CCC1C2.CC(C)CC1CCC1.CC(C)COC(C)C.CC(C)C[C@H](C)C(C)C.CC(C)N(C)C1CCC1.CC(C)NC1CC2CCC1C2.CC(C)OC(C)(C)C.CC(C)OCC#CC(C)(C)C.CC(C)OCC(C)(C)C.CC1CCC(OC(C)C)CC1.CCC(C)(C)CC(C)C.N=S(=O)=O.O=C=O. The summed E-state index contributed by atoms with van der Waals surface area (Å²) in [5.41, 5.74) is 2.62. The highest BCUT2D eigenvalue weighted by Crippen LogP contribution is 2.51. The van der Waals surface area contributed by atoms with Crippen LogP contribution in [0.4, 0.5) is 0 Å². The summed E-state index contributed by atoms with van der Waals surface area (Å²) in [6.45, 7) is 124. The predicted octanol–water partition coefficient (Wildman–Crippen LogP) is 38.2. The average Bonchev–Trinajstić information content (AvgIpc) is 1.70. The maximum Gasteiger partial charge on any atom is 0.373 e. The molecule has 0 aromatic carbocycles. The Labute approximate surface area is 919 Å². The molecule has 4 bridgehead atoms. The highest BCUT2D eigenvalue weighted by atomic mass is 32.2. The van der Waals surface area contributed by atoms with E-state index >= 15 is 0 Å². The van der Waals surface area contributed by atoms with Crippen LogP contribution >= 0.6 is 0 Å². The van der Waals surface area contributed by atoms with Gasteiger partial charge in [-0.15, -0.1) is 12.3 Å². The standard InChI is InChI=1S/C11H20.C11H24.C10H19N.C10H20O.C10H18O.C9H18.2C9H20.C8H17N.C8H18O.C8H16.2C7H16O.C7H12O.C6H10O.CO2.HNO2S/c1-8(2)5-11-7-9-3-4-10(11)6-9;1-9(2)8-11(6,7)10(3,4)5;1-7(2)11-10-6-8-3-4-9(10)5-8;1-8(2)11-10-6-4-9(3)5-7-10;1-9(2)11-8-6-7-10(3,4)5;1-8(2)7-9(3)5-4-6-9;1-7(2)6-9(5)8(3)4;1-6-9(4,5)7-8(2)3;1-7(2)9(3)8-5-4-6-8;1-7(2)9-6-8(3,4)5;1-7(2)6-8-4-3-5-8;1-6(2)8-7(3,4)5;1-6(2)5-8-7(3)4;1-4-5-6-8-7(2)3;1-4-5-7-6(2)3;2-1-3;1-4(2)3/h8-11H,3-7H2,1-2H3;9H,8H2,1-7H3;7-11H,3-6H2,1-2H3;8-10H,4-7H2,1-3H3;9H,8H2,1-5H3;8H,4-7H2,1-3H3;7-9H,6H2,1-5H3;8H,6-7H2,1-5H3;7-8H,4-6H2,1-3H3;7H,6H2,1-5H3;7-8H,3-6H2,1-2H3;6H,1-5H3;6-7H,5H2,1-4H3;7H,6H2,1-3H3;1,6H,5H2,2-3H3;;1H/t;;;;;;9-;;;;;;;;;;/m......0........../s1. The molecular weight excluding hydrogens is 1820 g/mol. The molecule has 0 spiro atoms. The van der Waals surface area contributed by atoms with Gasteiger partial charge in [-0.2, -0.15) is 22.8 Å². The normalized spacial score (nSPS) is 19.6. The minimum absolute atomic E-state index is 0.0220. The van der Waals surface area contributed by atoms with E-state index in [0.29, 0.717) is 90.1 Å². The molecule has 8 rings (SSSR count). The van der Waals surface area contributed by atoms with Crippen molar-refractivity contribution in [3.8, 4) is 36.0 Å². The maximum atomic E-state index is 8.67. The van der Waals surface area contributed by atoms with Gasteiger partial charge >= 0.3 is 16.7 Å². The first kappa shape index (κ1) is 161. The first-order chi connectivity index (χ1) is 66.6. The molecule has 146 heavy (non-hydrogen) atoms. The number of hydrogen-bond acceptors (Lipinski definition) is 14. The molecular formula is C131H265N3O11S. The lowest BCUT2D eigenvalue weighted by Gasteiger charge is -2.40. The third kappa shape index (κ3) is 118. The number of rotatable bonds is 32. The second-order valence-electron chi connectivity index (χ2n) is 56.0. The minimum atomic E-state index is -2.61. The van der Waals surface area contributed by atoms with Gasteiger partial charge in [-0.05, 0) is 416 Å². The van der Waals surface area contributed by atoms with Crippen LogP contribution in [-0.4, -0.2) is 138 Å². The van der Waals surface area contributed by atoms with Crippen LogP contribution in [-0.2, 0) is 53.2 Å². The van der Waals surface area contributed by atoms with E-state index in [1.54, 1.807) is 25.7 Å². The molecule has 7 atom stereocenters. The number of fused-ring (bicyclic) bond motifs is 4. The molecule has 8 aliphatic carbocycles. The van der Waals surface area contributed by atoms with Crippen LogP contribution in [0, 0.1) is 168 Å². The molecule has 0 saturated heterocycles. The average molecular weight is 2090 g/mol. The quantitative estimate of drug-likeness (QED) is 0.0610. The van der Waals surface area contributed by atoms with Crippen molar-refractivity contribution in [2.45, 2.75) is 639 Å². The van der Waals surface area contributed by atoms with Crippen molar-refractivity contribution in [3.05, 3.63) is 0 Å². The minimum Gasteiger partial charge on any atom is -0.379 e.